The summed E-state index contributed by atoms with van der Waals surface area (Å²) >= 11 is 0. The molecule has 0 radical (unpaired) electrons. The molecule has 2 N–H and O–H groups in total. The van der Waals surface area contributed by atoms with Gasteiger partial charge in [0.2, 0.25) is 5.91 Å². The first-order valence-electron chi connectivity index (χ1n) is 24.0. The van der Waals surface area contributed by atoms with Gasteiger partial charge in [-0.05, 0) is 38.5 Å². The number of aliphatic hydroxyl groups excluding tert-OH is 1. The number of allylic oxidation sites excluding steroid dienone is 2. The maximum absolute atomic E-state index is 12.9. The molecular formula is C47H95N2O6P. The van der Waals surface area contributed by atoms with E-state index in [1.54, 1.807) is 0 Å². The van der Waals surface area contributed by atoms with Crippen LogP contribution in [0.4, 0.5) is 0 Å². The van der Waals surface area contributed by atoms with Crippen molar-refractivity contribution in [3.8, 4) is 0 Å². The number of rotatable bonds is 44. The third-order valence-electron chi connectivity index (χ3n) is 11.0. The highest BCUT2D eigenvalue weighted by Gasteiger charge is 2.24. The number of nitrogens with one attached hydrogen (secondary N) is 1. The number of carbonyl (C=O) groups is 1. The zero-order chi connectivity index (χ0) is 41.4. The molecule has 0 saturated heterocycles. The number of carbonyl (C=O) groups excluding carboxylic acids is 1. The third-order valence-corrected chi connectivity index (χ3v) is 12.0. The molecule has 1 amide bonds. The van der Waals surface area contributed by atoms with E-state index in [4.69, 9.17) is 9.05 Å². The topological polar surface area (TPSA) is 108 Å². The van der Waals surface area contributed by atoms with E-state index in [1.165, 1.54) is 167 Å². The molecule has 3 atom stereocenters. The normalized spacial score (nSPS) is 14.3. The van der Waals surface area contributed by atoms with E-state index in [1.807, 2.05) is 21.1 Å². The average molecular weight is 815 g/mol. The van der Waals surface area contributed by atoms with Crippen LogP contribution in [-0.4, -0.2) is 68.5 Å². The van der Waals surface area contributed by atoms with Crippen LogP contribution in [0, 0.1) is 0 Å². The predicted molar refractivity (Wildman–Crippen MR) is 238 cm³/mol. The number of quaternary nitrogens is 1. The molecule has 0 aliphatic rings. The van der Waals surface area contributed by atoms with Gasteiger partial charge in [0.25, 0.3) is 7.82 Å². The van der Waals surface area contributed by atoms with Crippen LogP contribution < -0.4 is 10.2 Å². The molecule has 0 fully saturated rings. The molecule has 8 nitrogen and oxygen atoms in total. The molecule has 334 valence electrons. The summed E-state index contributed by atoms with van der Waals surface area (Å²) in [5.41, 5.74) is 0. The summed E-state index contributed by atoms with van der Waals surface area (Å²) in [6, 6.07) is -0.795. The van der Waals surface area contributed by atoms with Crippen LogP contribution in [0.3, 0.4) is 0 Å². The van der Waals surface area contributed by atoms with Crippen LogP contribution in [0.5, 0.6) is 0 Å². The van der Waals surface area contributed by atoms with Crippen LogP contribution in [-0.2, 0) is 18.4 Å². The smallest absolute Gasteiger partial charge is 0.268 e. The minimum Gasteiger partial charge on any atom is -0.756 e. The van der Waals surface area contributed by atoms with Gasteiger partial charge in [0, 0.05) is 6.42 Å². The van der Waals surface area contributed by atoms with Crippen molar-refractivity contribution in [2.75, 3.05) is 40.9 Å². The summed E-state index contributed by atoms with van der Waals surface area (Å²) < 4.78 is 23.3. The van der Waals surface area contributed by atoms with Crippen molar-refractivity contribution in [3.63, 3.8) is 0 Å². The van der Waals surface area contributed by atoms with Gasteiger partial charge in [-0.3, -0.25) is 9.36 Å². The predicted octanol–water partition coefficient (Wildman–Crippen LogP) is 12.9. The van der Waals surface area contributed by atoms with Crippen molar-refractivity contribution in [2.45, 2.75) is 244 Å². The second kappa shape index (κ2) is 39.7. The first-order valence-corrected chi connectivity index (χ1v) is 25.5. The summed E-state index contributed by atoms with van der Waals surface area (Å²) in [6.07, 6.45) is 45.1. The molecule has 0 spiro atoms. The van der Waals surface area contributed by atoms with Crippen molar-refractivity contribution >= 4 is 13.7 Å². The van der Waals surface area contributed by atoms with Gasteiger partial charge in [0.1, 0.15) is 13.2 Å². The van der Waals surface area contributed by atoms with Gasteiger partial charge in [0.15, 0.2) is 0 Å². The second-order valence-corrected chi connectivity index (χ2v) is 19.2. The Morgan fingerprint density at radius 1 is 0.607 bits per heavy atom. The van der Waals surface area contributed by atoms with E-state index < -0.39 is 20.0 Å². The van der Waals surface area contributed by atoms with E-state index in [2.05, 4.69) is 31.3 Å². The van der Waals surface area contributed by atoms with Crippen LogP contribution in [0.15, 0.2) is 12.2 Å². The average Bonchev–Trinajstić information content (AvgIpc) is 3.15. The molecule has 0 rings (SSSR count). The number of phosphoric ester groups is 1. The molecule has 0 saturated carbocycles. The highest BCUT2D eigenvalue weighted by atomic mass is 31.2. The lowest BCUT2D eigenvalue weighted by Crippen LogP contribution is -2.46. The highest BCUT2D eigenvalue weighted by molar-refractivity contribution is 7.45. The number of aliphatic hydroxyl groups is 1. The molecule has 9 heteroatoms. The fraction of sp³-hybridized carbons (Fsp3) is 0.936. The van der Waals surface area contributed by atoms with Crippen LogP contribution in [0.1, 0.15) is 232 Å². The molecule has 0 aliphatic carbocycles. The number of hydrogen-bond acceptors (Lipinski definition) is 6. The van der Waals surface area contributed by atoms with Crippen molar-refractivity contribution < 1.29 is 32.9 Å². The Morgan fingerprint density at radius 3 is 1.39 bits per heavy atom. The summed E-state index contributed by atoms with van der Waals surface area (Å²) in [6.45, 7) is 4.72. The number of phosphoric acid groups is 1. The fourth-order valence-corrected chi connectivity index (χ4v) is 7.88. The van der Waals surface area contributed by atoms with Gasteiger partial charge in [-0.25, -0.2) is 0 Å². The number of amides is 1. The molecule has 0 aliphatic heterocycles. The Balaban J connectivity index is 4.17. The van der Waals surface area contributed by atoms with Crippen molar-refractivity contribution in [3.05, 3.63) is 12.2 Å². The molecule has 0 bridgehead atoms. The lowest BCUT2D eigenvalue weighted by atomic mass is 10.0. The van der Waals surface area contributed by atoms with E-state index in [-0.39, 0.29) is 19.1 Å². The Kier molecular flexibility index (Phi) is 39.1. The number of hydrogen-bond donors (Lipinski definition) is 2. The largest absolute Gasteiger partial charge is 0.756 e. The maximum Gasteiger partial charge on any atom is 0.268 e. The molecule has 0 heterocycles. The Morgan fingerprint density at radius 2 is 0.982 bits per heavy atom. The van der Waals surface area contributed by atoms with Gasteiger partial charge in [-0.2, -0.15) is 0 Å². The SMILES string of the molecule is CCCCCCCCCC/C=C\CCCCCCCCCCCCCC(=O)NC(COP(=O)([O-])OCC[N+](C)(C)C)C(O)CCCCCCCCCCCCC. The first kappa shape index (κ1) is 55.2. The van der Waals surface area contributed by atoms with Gasteiger partial charge in [-0.15, -0.1) is 0 Å². The van der Waals surface area contributed by atoms with Gasteiger partial charge >= 0.3 is 0 Å². The monoisotopic (exact) mass is 815 g/mol. The Hall–Kier alpha value is -0.760. The summed E-state index contributed by atoms with van der Waals surface area (Å²) in [7, 11) is 1.31. The van der Waals surface area contributed by atoms with E-state index >= 15 is 0 Å². The lowest BCUT2D eigenvalue weighted by molar-refractivity contribution is -0.870. The molecule has 3 unspecified atom stereocenters. The third kappa shape index (κ3) is 41.4. The quantitative estimate of drug-likeness (QED) is 0.0274. The minimum atomic E-state index is -4.56. The van der Waals surface area contributed by atoms with Crippen LogP contribution >= 0.6 is 7.82 Å². The second-order valence-electron chi connectivity index (χ2n) is 17.8. The Labute approximate surface area is 348 Å². The molecular weight excluding hydrogens is 719 g/mol. The van der Waals surface area contributed by atoms with E-state index in [0.717, 1.165) is 38.5 Å². The number of unbranched alkanes of at least 4 members (excludes halogenated alkanes) is 29. The molecule has 0 aromatic rings. The standard InChI is InChI=1S/C47H95N2O6P/c1-6-8-10-12-14-16-18-19-20-21-22-23-24-25-26-27-28-29-31-33-35-37-39-41-47(51)48-45(44-55-56(52,53)54-43-42-49(3,4)5)46(50)40-38-36-34-32-30-17-15-13-11-9-7-2/h21-22,45-46,50H,6-20,23-44H2,1-5H3,(H-,48,51,52,53)/b22-21-. The van der Waals surface area contributed by atoms with Crippen molar-refractivity contribution in [2.24, 2.45) is 0 Å². The molecule has 56 heavy (non-hydrogen) atoms. The number of likely N-dealkylation sites (N-methyl/N-ethyl adjacent to an activating group) is 1. The van der Waals surface area contributed by atoms with Crippen LogP contribution in [0.2, 0.25) is 0 Å². The summed E-state index contributed by atoms with van der Waals surface area (Å²) in [5.74, 6) is -0.165. The number of nitrogens with zero attached hydrogens (tertiary/aromatic N) is 1. The summed E-state index contributed by atoms with van der Waals surface area (Å²) in [5, 5.41) is 13.9. The van der Waals surface area contributed by atoms with Crippen molar-refractivity contribution in [1.29, 1.82) is 0 Å². The van der Waals surface area contributed by atoms with E-state index in [0.29, 0.717) is 23.9 Å². The van der Waals surface area contributed by atoms with Crippen molar-refractivity contribution in [1.82, 2.24) is 5.32 Å². The summed E-state index contributed by atoms with van der Waals surface area (Å²) in [4.78, 5) is 25.3. The van der Waals surface area contributed by atoms with Gasteiger partial charge < -0.3 is 28.8 Å². The zero-order valence-electron chi connectivity index (χ0n) is 37.9. The van der Waals surface area contributed by atoms with E-state index in [9.17, 15) is 19.4 Å². The fourth-order valence-electron chi connectivity index (χ4n) is 7.15. The van der Waals surface area contributed by atoms with Gasteiger partial charge in [0.05, 0.1) is 39.9 Å². The van der Waals surface area contributed by atoms with Gasteiger partial charge in [-0.1, -0.05) is 199 Å². The lowest BCUT2D eigenvalue weighted by Gasteiger charge is -2.30. The molecule has 0 aromatic heterocycles. The molecule has 0 aromatic carbocycles. The Bertz CT molecular complexity index is 927. The minimum absolute atomic E-state index is 0.0140. The highest BCUT2D eigenvalue weighted by Crippen LogP contribution is 2.38. The van der Waals surface area contributed by atoms with Crippen LogP contribution in [0.25, 0.3) is 0 Å². The maximum atomic E-state index is 12.9. The zero-order valence-corrected chi connectivity index (χ0v) is 38.7. The first-order chi connectivity index (χ1) is 27.0.